The molecule has 0 amide bonds. The van der Waals surface area contributed by atoms with E-state index in [0.29, 0.717) is 24.5 Å². The Morgan fingerprint density at radius 3 is 2.41 bits per heavy atom. The molecule has 3 aromatic carbocycles. The van der Waals surface area contributed by atoms with Gasteiger partial charge in [0, 0.05) is 5.56 Å². The second kappa shape index (κ2) is 8.48. The van der Waals surface area contributed by atoms with Crippen molar-refractivity contribution < 1.29 is 19.0 Å². The summed E-state index contributed by atoms with van der Waals surface area (Å²) in [4.78, 5) is 19.5. The average molecular weight is 388 g/mol. The summed E-state index contributed by atoms with van der Waals surface area (Å²) in [7, 11) is 1.35. The zero-order valence-electron chi connectivity index (χ0n) is 15.9. The topological polar surface area (TPSA) is 73.4 Å². The van der Waals surface area contributed by atoms with Crippen LogP contribution in [-0.2, 0) is 4.74 Å². The predicted molar refractivity (Wildman–Crippen MR) is 110 cm³/mol. The maximum absolute atomic E-state index is 11.6. The number of rotatable bonds is 7. The van der Waals surface area contributed by atoms with E-state index in [4.69, 9.17) is 14.2 Å². The Hall–Kier alpha value is -3.80. The molecule has 0 spiro atoms. The summed E-state index contributed by atoms with van der Waals surface area (Å²) in [6.07, 6.45) is 0. The molecule has 6 nitrogen and oxygen atoms in total. The number of fused-ring (bicyclic) bond motifs is 1. The Bertz CT molecular complexity index is 1090. The number of aromatic amines is 1. The van der Waals surface area contributed by atoms with Crippen LogP contribution in [0.15, 0.2) is 72.8 Å². The highest BCUT2D eigenvalue weighted by Gasteiger charge is 2.07. The van der Waals surface area contributed by atoms with Gasteiger partial charge in [0.15, 0.2) is 0 Å². The first-order chi connectivity index (χ1) is 14.2. The normalized spacial score (nSPS) is 10.7. The van der Waals surface area contributed by atoms with Gasteiger partial charge in [-0.2, -0.15) is 0 Å². The lowest BCUT2D eigenvalue weighted by atomic mass is 10.2. The van der Waals surface area contributed by atoms with Gasteiger partial charge in [0.2, 0.25) is 0 Å². The smallest absolute Gasteiger partial charge is 0.337 e. The van der Waals surface area contributed by atoms with Gasteiger partial charge >= 0.3 is 5.97 Å². The second-order valence-electron chi connectivity index (χ2n) is 6.34. The lowest BCUT2D eigenvalue weighted by molar-refractivity contribution is 0.0600. The van der Waals surface area contributed by atoms with Gasteiger partial charge in [-0.1, -0.05) is 18.2 Å². The standard InChI is InChI=1S/C23H20N2O4/c1-27-23(26)17-5-4-6-19(15-17)29-14-13-28-18-11-9-16(10-12-18)22-24-20-7-2-3-8-21(20)25-22/h2-12,15H,13-14H2,1H3,(H,24,25). The van der Waals surface area contributed by atoms with Gasteiger partial charge in [-0.3, -0.25) is 0 Å². The molecule has 0 aliphatic carbocycles. The summed E-state index contributed by atoms with van der Waals surface area (Å²) in [5.74, 6) is 1.77. The highest BCUT2D eigenvalue weighted by atomic mass is 16.5. The number of hydrogen-bond donors (Lipinski definition) is 1. The van der Waals surface area contributed by atoms with E-state index in [1.54, 1.807) is 24.3 Å². The first kappa shape index (κ1) is 18.6. The number of benzene rings is 3. The van der Waals surface area contributed by atoms with Crippen molar-refractivity contribution in [2.24, 2.45) is 0 Å². The summed E-state index contributed by atoms with van der Waals surface area (Å²) in [5.41, 5.74) is 3.39. The third-order valence-electron chi connectivity index (χ3n) is 4.39. The maximum atomic E-state index is 11.6. The fraction of sp³-hybridized carbons (Fsp3) is 0.130. The van der Waals surface area contributed by atoms with Gasteiger partial charge in [-0.15, -0.1) is 0 Å². The number of nitrogens with one attached hydrogen (secondary N) is 1. The van der Waals surface area contributed by atoms with Gasteiger partial charge in [0.25, 0.3) is 0 Å². The van der Waals surface area contributed by atoms with E-state index < -0.39 is 5.97 Å². The first-order valence-electron chi connectivity index (χ1n) is 9.22. The number of para-hydroxylation sites is 2. The van der Waals surface area contributed by atoms with Crippen LogP contribution in [-0.4, -0.2) is 36.3 Å². The minimum absolute atomic E-state index is 0.357. The molecule has 1 aromatic heterocycles. The number of imidazole rings is 1. The fourth-order valence-electron chi connectivity index (χ4n) is 2.95. The maximum Gasteiger partial charge on any atom is 0.337 e. The second-order valence-corrected chi connectivity index (χ2v) is 6.34. The van der Waals surface area contributed by atoms with E-state index in [-0.39, 0.29) is 0 Å². The molecule has 6 heteroatoms. The summed E-state index contributed by atoms with van der Waals surface area (Å²) in [6.45, 7) is 0.738. The van der Waals surface area contributed by atoms with Crippen LogP contribution in [0.5, 0.6) is 11.5 Å². The van der Waals surface area contributed by atoms with Gasteiger partial charge in [0.05, 0.1) is 23.7 Å². The van der Waals surface area contributed by atoms with E-state index in [9.17, 15) is 4.79 Å². The molecule has 0 unspecified atom stereocenters. The average Bonchev–Trinajstić information content (AvgIpc) is 3.21. The molecule has 0 saturated carbocycles. The van der Waals surface area contributed by atoms with Crippen LogP contribution in [0.25, 0.3) is 22.4 Å². The highest BCUT2D eigenvalue weighted by Crippen LogP contribution is 2.23. The summed E-state index contributed by atoms with van der Waals surface area (Å²) < 4.78 is 16.1. The van der Waals surface area contributed by atoms with Gasteiger partial charge < -0.3 is 19.2 Å². The van der Waals surface area contributed by atoms with E-state index >= 15 is 0 Å². The van der Waals surface area contributed by atoms with Gasteiger partial charge in [0.1, 0.15) is 30.5 Å². The first-order valence-corrected chi connectivity index (χ1v) is 9.22. The number of aromatic nitrogens is 2. The molecule has 29 heavy (non-hydrogen) atoms. The van der Waals surface area contributed by atoms with Crippen LogP contribution in [0.4, 0.5) is 0 Å². The quantitative estimate of drug-likeness (QED) is 0.373. The Morgan fingerprint density at radius 2 is 1.66 bits per heavy atom. The van der Waals surface area contributed by atoms with Crippen LogP contribution in [0.2, 0.25) is 0 Å². The van der Waals surface area contributed by atoms with Crippen molar-refractivity contribution in [3.05, 3.63) is 78.4 Å². The fourth-order valence-corrected chi connectivity index (χ4v) is 2.95. The van der Waals surface area contributed by atoms with Crippen LogP contribution < -0.4 is 9.47 Å². The highest BCUT2D eigenvalue weighted by molar-refractivity contribution is 5.89. The number of methoxy groups -OCH3 is 1. The molecule has 4 aromatic rings. The lowest BCUT2D eigenvalue weighted by Gasteiger charge is -2.09. The molecule has 1 N–H and O–H groups in total. The molecule has 0 saturated heterocycles. The molecule has 0 atom stereocenters. The van der Waals surface area contributed by atoms with Crippen molar-refractivity contribution in [2.75, 3.05) is 20.3 Å². The molecule has 0 radical (unpaired) electrons. The minimum Gasteiger partial charge on any atom is -0.490 e. The van der Waals surface area contributed by atoms with Gasteiger partial charge in [-0.05, 0) is 54.6 Å². The van der Waals surface area contributed by atoms with Crippen LogP contribution in [0.1, 0.15) is 10.4 Å². The number of ether oxygens (including phenoxy) is 3. The Morgan fingerprint density at radius 1 is 0.897 bits per heavy atom. The number of esters is 1. The summed E-state index contributed by atoms with van der Waals surface area (Å²) in [6, 6.07) is 22.5. The van der Waals surface area contributed by atoms with Crippen LogP contribution >= 0.6 is 0 Å². The molecule has 1 heterocycles. The molecular weight excluding hydrogens is 368 g/mol. The van der Waals surface area contributed by atoms with E-state index in [0.717, 1.165) is 28.2 Å². The van der Waals surface area contributed by atoms with E-state index in [1.807, 2.05) is 48.5 Å². The summed E-state index contributed by atoms with van der Waals surface area (Å²) >= 11 is 0. The molecule has 0 aliphatic rings. The van der Waals surface area contributed by atoms with Crippen molar-refractivity contribution in [3.63, 3.8) is 0 Å². The zero-order chi connectivity index (χ0) is 20.1. The predicted octanol–water partition coefficient (Wildman–Crippen LogP) is 4.47. The van der Waals surface area contributed by atoms with Crippen molar-refractivity contribution in [1.82, 2.24) is 9.97 Å². The Kier molecular flexibility index (Phi) is 5.42. The van der Waals surface area contributed by atoms with Crippen molar-refractivity contribution in [2.45, 2.75) is 0 Å². The molecule has 0 aliphatic heterocycles. The van der Waals surface area contributed by atoms with Crippen molar-refractivity contribution in [3.8, 4) is 22.9 Å². The minimum atomic E-state index is -0.392. The third-order valence-corrected chi connectivity index (χ3v) is 4.39. The monoisotopic (exact) mass is 388 g/mol. The lowest BCUT2D eigenvalue weighted by Crippen LogP contribution is -2.09. The number of nitrogens with zero attached hydrogens (tertiary/aromatic N) is 1. The Labute approximate surface area is 168 Å². The zero-order valence-corrected chi connectivity index (χ0v) is 15.9. The van der Waals surface area contributed by atoms with Gasteiger partial charge in [-0.25, -0.2) is 9.78 Å². The molecular formula is C23H20N2O4. The number of hydrogen-bond acceptors (Lipinski definition) is 5. The summed E-state index contributed by atoms with van der Waals surface area (Å²) in [5, 5.41) is 0. The Balaban J connectivity index is 1.31. The van der Waals surface area contributed by atoms with Crippen molar-refractivity contribution >= 4 is 17.0 Å². The number of H-pyrrole nitrogens is 1. The molecule has 146 valence electrons. The van der Waals surface area contributed by atoms with E-state index in [2.05, 4.69) is 9.97 Å². The van der Waals surface area contributed by atoms with Crippen LogP contribution in [0, 0.1) is 0 Å². The van der Waals surface area contributed by atoms with Crippen molar-refractivity contribution in [1.29, 1.82) is 0 Å². The van der Waals surface area contributed by atoms with E-state index in [1.165, 1.54) is 7.11 Å². The largest absolute Gasteiger partial charge is 0.490 e. The number of carbonyl (C=O) groups is 1. The molecule has 4 rings (SSSR count). The molecule has 0 fully saturated rings. The number of carbonyl (C=O) groups excluding carboxylic acids is 1. The molecule has 0 bridgehead atoms. The van der Waals surface area contributed by atoms with Crippen LogP contribution in [0.3, 0.4) is 0 Å². The SMILES string of the molecule is COC(=O)c1cccc(OCCOc2ccc(-c3nc4ccccc4[nH]3)cc2)c1. The third kappa shape index (κ3) is 4.38.